The molecule has 1 atom stereocenters. The normalized spacial score (nSPS) is 14.1. The molecular formula is C15H22N2. The second-order valence-electron chi connectivity index (χ2n) is 5.83. The summed E-state index contributed by atoms with van der Waals surface area (Å²) in [6, 6.07) is 9.05. The van der Waals surface area contributed by atoms with E-state index in [4.69, 9.17) is 0 Å². The molecule has 0 aliphatic rings. The van der Waals surface area contributed by atoms with E-state index in [0.29, 0.717) is 11.5 Å². The van der Waals surface area contributed by atoms with Crippen molar-refractivity contribution in [3.05, 3.63) is 36.0 Å². The SMILES string of the molecule is CC(NCc1cccc2cc[nH]c12)C(C)(C)C. The zero-order valence-corrected chi connectivity index (χ0v) is 11.2. The lowest BCUT2D eigenvalue weighted by Gasteiger charge is -2.28. The number of nitrogens with one attached hydrogen (secondary N) is 2. The number of rotatable bonds is 3. The van der Waals surface area contributed by atoms with E-state index in [-0.39, 0.29) is 0 Å². The van der Waals surface area contributed by atoms with Crippen LogP contribution in [0.1, 0.15) is 33.3 Å². The van der Waals surface area contributed by atoms with Crippen LogP contribution in [0.3, 0.4) is 0 Å². The molecule has 0 fully saturated rings. The van der Waals surface area contributed by atoms with Gasteiger partial charge in [-0.15, -0.1) is 0 Å². The van der Waals surface area contributed by atoms with Crippen LogP contribution in [0.4, 0.5) is 0 Å². The van der Waals surface area contributed by atoms with Crippen molar-refractivity contribution in [2.24, 2.45) is 5.41 Å². The standard InChI is InChI=1S/C15H22N2/c1-11(15(2,3)4)17-10-13-7-5-6-12-8-9-16-14(12)13/h5-9,11,16-17H,10H2,1-4H3. The number of benzene rings is 1. The van der Waals surface area contributed by atoms with Crippen LogP contribution < -0.4 is 5.32 Å². The number of aromatic amines is 1. The minimum atomic E-state index is 0.295. The Morgan fingerprint density at radius 1 is 1.24 bits per heavy atom. The molecule has 1 unspecified atom stereocenters. The van der Waals surface area contributed by atoms with Crippen molar-refractivity contribution >= 4 is 10.9 Å². The third kappa shape index (κ3) is 2.70. The third-order valence-corrected chi connectivity index (χ3v) is 3.57. The average molecular weight is 230 g/mol. The van der Waals surface area contributed by atoms with Gasteiger partial charge in [0, 0.05) is 24.3 Å². The third-order valence-electron chi connectivity index (χ3n) is 3.57. The summed E-state index contributed by atoms with van der Waals surface area (Å²) in [5.41, 5.74) is 2.88. The zero-order valence-electron chi connectivity index (χ0n) is 11.2. The number of hydrogen-bond donors (Lipinski definition) is 2. The molecule has 2 rings (SSSR count). The molecule has 2 nitrogen and oxygen atoms in total. The topological polar surface area (TPSA) is 27.8 Å². The average Bonchev–Trinajstić information content (AvgIpc) is 2.72. The van der Waals surface area contributed by atoms with Crippen molar-refractivity contribution in [1.82, 2.24) is 10.3 Å². The number of hydrogen-bond acceptors (Lipinski definition) is 1. The van der Waals surface area contributed by atoms with E-state index in [2.05, 4.69) is 62.3 Å². The molecule has 0 radical (unpaired) electrons. The van der Waals surface area contributed by atoms with Gasteiger partial charge in [0.05, 0.1) is 0 Å². The minimum Gasteiger partial charge on any atom is -0.361 e. The molecule has 92 valence electrons. The Balaban J connectivity index is 2.12. The van der Waals surface area contributed by atoms with Crippen molar-refractivity contribution in [3.8, 4) is 0 Å². The quantitative estimate of drug-likeness (QED) is 0.827. The molecule has 0 amide bonds. The molecule has 0 aliphatic carbocycles. The molecule has 0 aliphatic heterocycles. The van der Waals surface area contributed by atoms with Crippen LogP contribution in [0, 0.1) is 5.41 Å². The van der Waals surface area contributed by atoms with Crippen LogP contribution in [-0.4, -0.2) is 11.0 Å². The highest BCUT2D eigenvalue weighted by molar-refractivity contribution is 5.82. The Kier molecular flexibility index (Phi) is 3.25. The summed E-state index contributed by atoms with van der Waals surface area (Å²) in [6.07, 6.45) is 2.00. The van der Waals surface area contributed by atoms with Gasteiger partial charge >= 0.3 is 0 Å². The maximum Gasteiger partial charge on any atom is 0.0499 e. The molecule has 0 saturated heterocycles. The van der Waals surface area contributed by atoms with E-state index in [0.717, 1.165) is 6.54 Å². The van der Waals surface area contributed by atoms with E-state index < -0.39 is 0 Å². The van der Waals surface area contributed by atoms with Crippen molar-refractivity contribution in [3.63, 3.8) is 0 Å². The Morgan fingerprint density at radius 3 is 2.71 bits per heavy atom. The van der Waals surface area contributed by atoms with Gasteiger partial charge in [0.25, 0.3) is 0 Å². The van der Waals surface area contributed by atoms with E-state index in [9.17, 15) is 0 Å². The first-order chi connectivity index (χ1) is 7.98. The van der Waals surface area contributed by atoms with Crippen molar-refractivity contribution in [1.29, 1.82) is 0 Å². The fourth-order valence-electron chi connectivity index (χ4n) is 1.87. The Labute approximate surface area is 103 Å². The highest BCUT2D eigenvalue weighted by Crippen LogP contribution is 2.20. The maximum atomic E-state index is 3.60. The lowest BCUT2D eigenvalue weighted by molar-refractivity contribution is 0.285. The summed E-state index contributed by atoms with van der Waals surface area (Å²) in [5, 5.41) is 4.89. The number of aromatic nitrogens is 1. The van der Waals surface area contributed by atoms with E-state index in [1.54, 1.807) is 0 Å². The number of fused-ring (bicyclic) bond motifs is 1. The fourth-order valence-corrected chi connectivity index (χ4v) is 1.87. The molecule has 2 aromatic rings. The summed E-state index contributed by atoms with van der Waals surface area (Å²) in [7, 11) is 0. The first kappa shape index (κ1) is 12.2. The highest BCUT2D eigenvalue weighted by Gasteiger charge is 2.19. The van der Waals surface area contributed by atoms with Gasteiger partial charge in [-0.1, -0.05) is 39.0 Å². The molecule has 0 saturated carbocycles. The lowest BCUT2D eigenvalue weighted by atomic mass is 9.88. The van der Waals surface area contributed by atoms with Crippen LogP contribution in [0.25, 0.3) is 10.9 Å². The summed E-state index contributed by atoms with van der Waals surface area (Å²) in [6.45, 7) is 9.95. The fraction of sp³-hybridized carbons (Fsp3) is 0.467. The van der Waals surface area contributed by atoms with Crippen LogP contribution in [-0.2, 0) is 6.54 Å². The maximum absolute atomic E-state index is 3.60. The molecule has 1 aromatic carbocycles. The van der Waals surface area contributed by atoms with Gasteiger partial charge in [-0.2, -0.15) is 0 Å². The van der Waals surface area contributed by atoms with Crippen LogP contribution in [0.2, 0.25) is 0 Å². The first-order valence-corrected chi connectivity index (χ1v) is 6.27. The largest absolute Gasteiger partial charge is 0.361 e. The van der Waals surface area contributed by atoms with Crippen molar-refractivity contribution < 1.29 is 0 Å². The second-order valence-corrected chi connectivity index (χ2v) is 5.83. The van der Waals surface area contributed by atoms with Crippen LogP contribution >= 0.6 is 0 Å². The Morgan fingerprint density at radius 2 is 2.00 bits per heavy atom. The monoisotopic (exact) mass is 230 g/mol. The Bertz CT molecular complexity index is 491. The molecule has 1 aromatic heterocycles. The number of para-hydroxylation sites is 1. The second kappa shape index (κ2) is 4.53. The summed E-state index contributed by atoms with van der Waals surface area (Å²) < 4.78 is 0. The highest BCUT2D eigenvalue weighted by atomic mass is 14.9. The van der Waals surface area contributed by atoms with Crippen LogP contribution in [0.15, 0.2) is 30.5 Å². The predicted octanol–water partition coefficient (Wildman–Crippen LogP) is 3.69. The summed E-state index contributed by atoms with van der Waals surface area (Å²) >= 11 is 0. The van der Waals surface area contributed by atoms with Crippen molar-refractivity contribution in [2.75, 3.05) is 0 Å². The molecule has 2 N–H and O–H groups in total. The van der Waals surface area contributed by atoms with Gasteiger partial charge in [-0.05, 0) is 29.4 Å². The van der Waals surface area contributed by atoms with Gasteiger partial charge < -0.3 is 10.3 Å². The molecule has 0 spiro atoms. The molecule has 0 bridgehead atoms. The Hall–Kier alpha value is -1.28. The lowest BCUT2D eigenvalue weighted by Crippen LogP contribution is -2.37. The van der Waals surface area contributed by atoms with Crippen molar-refractivity contribution in [2.45, 2.75) is 40.3 Å². The van der Waals surface area contributed by atoms with Gasteiger partial charge in [0.1, 0.15) is 0 Å². The first-order valence-electron chi connectivity index (χ1n) is 6.27. The van der Waals surface area contributed by atoms with Crippen LogP contribution in [0.5, 0.6) is 0 Å². The molecule has 17 heavy (non-hydrogen) atoms. The van der Waals surface area contributed by atoms with Gasteiger partial charge in [-0.3, -0.25) is 0 Å². The molecule has 1 heterocycles. The minimum absolute atomic E-state index is 0.295. The summed E-state index contributed by atoms with van der Waals surface area (Å²) in [4.78, 5) is 3.31. The summed E-state index contributed by atoms with van der Waals surface area (Å²) in [5.74, 6) is 0. The predicted molar refractivity (Wildman–Crippen MR) is 74.1 cm³/mol. The van der Waals surface area contributed by atoms with Gasteiger partial charge in [0.15, 0.2) is 0 Å². The van der Waals surface area contributed by atoms with E-state index in [1.165, 1.54) is 16.5 Å². The van der Waals surface area contributed by atoms with Gasteiger partial charge in [-0.25, -0.2) is 0 Å². The smallest absolute Gasteiger partial charge is 0.0499 e. The number of H-pyrrole nitrogens is 1. The zero-order chi connectivity index (χ0) is 12.5. The molecular weight excluding hydrogens is 208 g/mol. The molecule has 2 heteroatoms. The van der Waals surface area contributed by atoms with E-state index in [1.807, 2.05) is 6.20 Å². The van der Waals surface area contributed by atoms with E-state index >= 15 is 0 Å². The van der Waals surface area contributed by atoms with Gasteiger partial charge in [0.2, 0.25) is 0 Å².